The lowest BCUT2D eigenvalue weighted by atomic mass is 10.0. The van der Waals surface area contributed by atoms with Crippen molar-refractivity contribution in [2.45, 2.75) is 6.54 Å². The molecule has 0 bridgehead atoms. The second kappa shape index (κ2) is 4.30. The molecule has 0 amide bonds. The molecule has 0 saturated carbocycles. The van der Waals surface area contributed by atoms with E-state index in [0.717, 1.165) is 25.3 Å². The van der Waals surface area contributed by atoms with Gasteiger partial charge in [-0.1, -0.05) is 12.1 Å². The zero-order valence-electron chi connectivity index (χ0n) is 9.44. The quantitative estimate of drug-likeness (QED) is 0.874. The van der Waals surface area contributed by atoms with Crippen LogP contribution >= 0.6 is 0 Å². The van der Waals surface area contributed by atoms with Gasteiger partial charge in [-0.25, -0.2) is 9.37 Å². The molecule has 0 atom stereocenters. The predicted octanol–water partition coefficient (Wildman–Crippen LogP) is 1.91. The number of hydrogen-bond donors (Lipinski definition) is 1. The average Bonchev–Trinajstić information content (AvgIpc) is 2.72. The number of aromatic nitrogens is 2. The maximum absolute atomic E-state index is 13.7. The number of halogens is 1. The fourth-order valence-electron chi connectivity index (χ4n) is 2.12. The molecule has 1 saturated heterocycles. The van der Waals surface area contributed by atoms with E-state index in [1.54, 1.807) is 24.7 Å². The van der Waals surface area contributed by atoms with Gasteiger partial charge in [0.25, 0.3) is 0 Å². The summed E-state index contributed by atoms with van der Waals surface area (Å²) in [6, 6.07) is 6.83. The molecule has 2 aromatic rings. The largest absolute Gasteiger partial charge is 0.330 e. The minimum Gasteiger partial charge on any atom is -0.330 e. The van der Waals surface area contributed by atoms with E-state index in [1.807, 2.05) is 10.6 Å². The molecule has 1 aromatic heterocycles. The number of nitrogens with zero attached hydrogens (tertiary/aromatic N) is 2. The van der Waals surface area contributed by atoms with Gasteiger partial charge in [0.15, 0.2) is 0 Å². The Bertz CT molecular complexity index is 517. The van der Waals surface area contributed by atoms with Gasteiger partial charge >= 0.3 is 0 Å². The van der Waals surface area contributed by atoms with Crippen molar-refractivity contribution in [3.8, 4) is 11.3 Å². The van der Waals surface area contributed by atoms with Crippen LogP contribution in [-0.2, 0) is 6.54 Å². The van der Waals surface area contributed by atoms with Gasteiger partial charge in [-0.3, -0.25) is 0 Å². The summed E-state index contributed by atoms with van der Waals surface area (Å²) in [6.45, 7) is 2.97. The van der Waals surface area contributed by atoms with E-state index < -0.39 is 0 Å². The van der Waals surface area contributed by atoms with E-state index in [0.29, 0.717) is 11.5 Å². The van der Waals surface area contributed by atoms with Crippen molar-refractivity contribution in [1.82, 2.24) is 14.9 Å². The molecule has 1 aliphatic rings. The van der Waals surface area contributed by atoms with Gasteiger partial charge in [0.05, 0.1) is 18.2 Å². The highest BCUT2D eigenvalue weighted by Crippen LogP contribution is 2.23. The minimum atomic E-state index is -0.194. The minimum absolute atomic E-state index is 0.194. The molecule has 0 radical (unpaired) electrons. The Balaban J connectivity index is 1.92. The highest BCUT2D eigenvalue weighted by molar-refractivity contribution is 5.59. The fourth-order valence-corrected chi connectivity index (χ4v) is 2.12. The van der Waals surface area contributed by atoms with Gasteiger partial charge in [0, 0.05) is 31.1 Å². The van der Waals surface area contributed by atoms with Crippen LogP contribution in [0, 0.1) is 11.7 Å². The number of nitrogens with one attached hydrogen (secondary N) is 1. The molecule has 0 spiro atoms. The van der Waals surface area contributed by atoms with Crippen LogP contribution in [0.5, 0.6) is 0 Å². The summed E-state index contributed by atoms with van der Waals surface area (Å²) in [5.74, 6) is 0.440. The molecule has 0 unspecified atom stereocenters. The monoisotopic (exact) mass is 231 g/mol. The lowest BCUT2D eigenvalue weighted by molar-refractivity contribution is 0.307. The summed E-state index contributed by atoms with van der Waals surface area (Å²) in [4.78, 5) is 4.13. The molecule has 1 aliphatic heterocycles. The van der Waals surface area contributed by atoms with Gasteiger partial charge in [-0.2, -0.15) is 0 Å². The molecule has 3 nitrogen and oxygen atoms in total. The van der Waals surface area contributed by atoms with Gasteiger partial charge in [-0.05, 0) is 12.1 Å². The van der Waals surface area contributed by atoms with Crippen molar-refractivity contribution in [1.29, 1.82) is 0 Å². The summed E-state index contributed by atoms with van der Waals surface area (Å²) in [5.41, 5.74) is 1.48. The normalized spacial score (nSPS) is 15.8. The second-order valence-corrected chi connectivity index (χ2v) is 4.44. The molecule has 2 heterocycles. The molecule has 1 aromatic carbocycles. The van der Waals surface area contributed by atoms with Gasteiger partial charge < -0.3 is 9.88 Å². The zero-order valence-corrected chi connectivity index (χ0v) is 9.44. The molecule has 0 aliphatic carbocycles. The molecule has 17 heavy (non-hydrogen) atoms. The molecule has 88 valence electrons. The second-order valence-electron chi connectivity index (χ2n) is 4.44. The van der Waals surface area contributed by atoms with Gasteiger partial charge in [-0.15, -0.1) is 0 Å². The first-order valence-corrected chi connectivity index (χ1v) is 5.80. The summed E-state index contributed by atoms with van der Waals surface area (Å²) < 4.78 is 15.7. The van der Waals surface area contributed by atoms with Crippen molar-refractivity contribution in [2.24, 2.45) is 5.92 Å². The number of benzene rings is 1. The maximum Gasteiger partial charge on any atom is 0.132 e. The smallest absolute Gasteiger partial charge is 0.132 e. The van der Waals surface area contributed by atoms with Crippen LogP contribution in [0.15, 0.2) is 36.8 Å². The molecule has 1 fully saturated rings. The highest BCUT2D eigenvalue weighted by Gasteiger charge is 2.19. The Hall–Kier alpha value is -1.68. The lowest BCUT2D eigenvalue weighted by Gasteiger charge is -2.27. The highest BCUT2D eigenvalue weighted by atomic mass is 19.1. The Morgan fingerprint density at radius 3 is 2.88 bits per heavy atom. The third-order valence-electron chi connectivity index (χ3n) is 3.18. The molecular weight excluding hydrogens is 217 g/mol. The van der Waals surface area contributed by atoms with Crippen molar-refractivity contribution < 1.29 is 4.39 Å². The van der Waals surface area contributed by atoms with Crippen molar-refractivity contribution in [2.75, 3.05) is 13.1 Å². The fraction of sp³-hybridized carbons (Fsp3) is 0.308. The Kier molecular flexibility index (Phi) is 2.65. The topological polar surface area (TPSA) is 29.9 Å². The van der Waals surface area contributed by atoms with Gasteiger partial charge in [0.2, 0.25) is 0 Å². The lowest BCUT2D eigenvalue weighted by Crippen LogP contribution is -2.44. The van der Waals surface area contributed by atoms with Crippen LogP contribution < -0.4 is 5.32 Å². The van der Waals surface area contributed by atoms with Crippen LogP contribution in [0.3, 0.4) is 0 Å². The molecule has 4 heteroatoms. The first kappa shape index (κ1) is 10.5. The summed E-state index contributed by atoms with van der Waals surface area (Å²) in [6.07, 6.45) is 3.50. The SMILES string of the molecule is Fc1ccccc1-c1cncn1CC1CNC1. The van der Waals surface area contributed by atoms with Crippen molar-refractivity contribution >= 4 is 0 Å². The average molecular weight is 231 g/mol. The van der Waals surface area contributed by atoms with E-state index in [2.05, 4.69) is 10.3 Å². The van der Waals surface area contributed by atoms with E-state index in [1.165, 1.54) is 6.07 Å². The molecule has 1 N–H and O–H groups in total. The van der Waals surface area contributed by atoms with Crippen LogP contribution in [0.1, 0.15) is 0 Å². The van der Waals surface area contributed by atoms with E-state index in [9.17, 15) is 4.39 Å². The number of rotatable bonds is 3. The first-order chi connectivity index (χ1) is 8.34. The third kappa shape index (κ3) is 1.96. The van der Waals surface area contributed by atoms with Crippen molar-refractivity contribution in [3.63, 3.8) is 0 Å². The Labute approximate surface area is 99.3 Å². The standard InChI is InChI=1S/C13H14FN3/c14-12-4-2-1-3-11(12)13-7-16-9-17(13)8-10-5-15-6-10/h1-4,7,9-10,15H,5-6,8H2. The van der Waals surface area contributed by atoms with Crippen molar-refractivity contribution in [3.05, 3.63) is 42.6 Å². The molecular formula is C13H14FN3. The van der Waals surface area contributed by atoms with Crippen LogP contribution in [0.4, 0.5) is 4.39 Å². The Morgan fingerprint density at radius 1 is 1.35 bits per heavy atom. The van der Waals surface area contributed by atoms with Crippen LogP contribution in [0.2, 0.25) is 0 Å². The van der Waals surface area contributed by atoms with E-state index in [4.69, 9.17) is 0 Å². The number of hydrogen-bond acceptors (Lipinski definition) is 2. The molecule has 3 rings (SSSR count). The predicted molar refractivity (Wildman–Crippen MR) is 64.0 cm³/mol. The van der Waals surface area contributed by atoms with Crippen LogP contribution in [-0.4, -0.2) is 22.6 Å². The van der Waals surface area contributed by atoms with E-state index >= 15 is 0 Å². The third-order valence-corrected chi connectivity index (χ3v) is 3.18. The Morgan fingerprint density at radius 2 is 2.18 bits per heavy atom. The zero-order chi connectivity index (χ0) is 11.7. The first-order valence-electron chi connectivity index (χ1n) is 5.80. The number of imidazole rings is 1. The summed E-state index contributed by atoms with van der Waals surface area (Å²) in [5, 5.41) is 3.24. The van der Waals surface area contributed by atoms with Gasteiger partial charge in [0.1, 0.15) is 5.82 Å². The summed E-state index contributed by atoms with van der Waals surface area (Å²) >= 11 is 0. The maximum atomic E-state index is 13.7. The van der Waals surface area contributed by atoms with E-state index in [-0.39, 0.29) is 5.82 Å². The summed E-state index contributed by atoms with van der Waals surface area (Å²) in [7, 11) is 0. The van der Waals surface area contributed by atoms with Crippen LogP contribution in [0.25, 0.3) is 11.3 Å².